The highest BCUT2D eigenvalue weighted by Gasteiger charge is 2.24. The van der Waals surface area contributed by atoms with E-state index in [1.807, 2.05) is 0 Å². The van der Waals surface area contributed by atoms with Crippen LogP contribution in [0, 0.1) is 0 Å². The Kier molecular flexibility index (Phi) is 8.59. The number of methoxy groups -OCH3 is 1. The third-order valence-electron chi connectivity index (χ3n) is 4.45. The van der Waals surface area contributed by atoms with Crippen molar-refractivity contribution in [3.63, 3.8) is 0 Å². The molecule has 0 radical (unpaired) electrons. The van der Waals surface area contributed by atoms with Gasteiger partial charge >= 0.3 is 12.1 Å². The fraction of sp³-hybridized carbons (Fsp3) is 0.333. The monoisotopic (exact) mass is 474 g/mol. The van der Waals surface area contributed by atoms with E-state index in [0.29, 0.717) is 11.3 Å². The van der Waals surface area contributed by atoms with Crippen molar-refractivity contribution in [3.05, 3.63) is 64.2 Å². The van der Waals surface area contributed by atoms with Gasteiger partial charge in [-0.05, 0) is 57.5 Å². The average Bonchev–Trinajstić information content (AvgIpc) is 2.71. The number of alkyl carbamates (subject to hydrolysis) is 1. The van der Waals surface area contributed by atoms with Crippen molar-refractivity contribution in [1.29, 1.82) is 0 Å². The lowest BCUT2D eigenvalue weighted by molar-refractivity contribution is -0.120. The van der Waals surface area contributed by atoms with Crippen molar-refractivity contribution in [3.8, 4) is 0 Å². The molecular weight excluding hydrogens is 448 g/mol. The molecular formula is C24H27ClN2O6. The molecule has 0 saturated carbocycles. The fourth-order valence-electron chi connectivity index (χ4n) is 2.91. The van der Waals surface area contributed by atoms with Crippen LogP contribution < -0.4 is 10.6 Å². The lowest BCUT2D eigenvalue weighted by atomic mass is 9.99. The number of ketones is 1. The fourth-order valence-corrected chi connectivity index (χ4v) is 3.19. The summed E-state index contributed by atoms with van der Waals surface area (Å²) >= 11 is 6.28. The van der Waals surface area contributed by atoms with E-state index in [4.69, 9.17) is 21.1 Å². The summed E-state index contributed by atoms with van der Waals surface area (Å²) in [5.41, 5.74) is 0.454. The number of carbonyl (C=O) groups is 4. The van der Waals surface area contributed by atoms with Gasteiger partial charge in [0.2, 0.25) is 0 Å². The summed E-state index contributed by atoms with van der Waals surface area (Å²) in [6.45, 7) is 6.69. The van der Waals surface area contributed by atoms with Crippen LogP contribution in [0.5, 0.6) is 0 Å². The first-order valence-corrected chi connectivity index (χ1v) is 10.6. The minimum absolute atomic E-state index is 0.125. The van der Waals surface area contributed by atoms with E-state index in [1.165, 1.54) is 26.2 Å². The molecule has 2 amide bonds. The average molecular weight is 475 g/mol. The summed E-state index contributed by atoms with van der Waals surface area (Å²) in [6, 6.07) is 10.2. The third-order valence-corrected chi connectivity index (χ3v) is 4.76. The number of nitrogens with one attached hydrogen (secondary N) is 2. The minimum atomic E-state index is -0.841. The second kappa shape index (κ2) is 11.0. The summed E-state index contributed by atoms with van der Waals surface area (Å²) in [5, 5.41) is 5.34. The van der Waals surface area contributed by atoms with Gasteiger partial charge in [-0.3, -0.25) is 9.59 Å². The molecule has 0 aromatic heterocycles. The maximum absolute atomic E-state index is 13.0. The topological polar surface area (TPSA) is 111 Å². The SMILES string of the molecule is COC(=O)c1cccc(NC(=O)c2c(Cl)cccc2CC(=O)[C@H](C)NC(=O)OC(C)(C)C)c1. The molecule has 0 saturated heterocycles. The molecule has 176 valence electrons. The molecule has 2 aromatic rings. The van der Waals surface area contributed by atoms with Crippen LogP contribution in [0.15, 0.2) is 42.5 Å². The highest BCUT2D eigenvalue weighted by molar-refractivity contribution is 6.34. The van der Waals surface area contributed by atoms with Gasteiger partial charge in [-0.25, -0.2) is 9.59 Å². The van der Waals surface area contributed by atoms with E-state index >= 15 is 0 Å². The Labute approximate surface area is 197 Å². The molecule has 0 heterocycles. The van der Waals surface area contributed by atoms with Gasteiger partial charge < -0.3 is 20.1 Å². The Bertz CT molecular complexity index is 1060. The molecule has 1 atom stereocenters. The van der Waals surface area contributed by atoms with E-state index in [1.54, 1.807) is 51.1 Å². The van der Waals surface area contributed by atoms with Crippen molar-refractivity contribution in [2.45, 2.75) is 45.8 Å². The van der Waals surface area contributed by atoms with Crippen LogP contribution in [-0.4, -0.2) is 42.5 Å². The number of rotatable bonds is 7. The molecule has 0 bridgehead atoms. The number of amides is 2. The Morgan fingerprint density at radius 2 is 1.73 bits per heavy atom. The number of hydrogen-bond acceptors (Lipinski definition) is 6. The van der Waals surface area contributed by atoms with Gasteiger partial charge in [0.25, 0.3) is 5.91 Å². The molecule has 0 spiro atoms. The predicted molar refractivity (Wildman–Crippen MR) is 125 cm³/mol. The molecule has 0 unspecified atom stereocenters. The van der Waals surface area contributed by atoms with Crippen LogP contribution in [0.3, 0.4) is 0 Å². The summed E-state index contributed by atoms with van der Waals surface area (Å²) < 4.78 is 9.86. The van der Waals surface area contributed by atoms with Crippen molar-refractivity contribution in [2.24, 2.45) is 0 Å². The summed E-state index contributed by atoms with van der Waals surface area (Å²) in [6.07, 6.45) is -0.847. The standard InChI is InChI=1S/C24H27ClN2O6/c1-14(26-23(31)33-24(2,3)4)19(28)13-15-8-7-11-18(25)20(15)21(29)27-17-10-6-9-16(12-17)22(30)32-5/h6-12,14H,13H2,1-5H3,(H,26,31)(H,27,29)/t14-/m0/s1. The van der Waals surface area contributed by atoms with Crippen molar-refractivity contribution >= 4 is 41.0 Å². The van der Waals surface area contributed by atoms with Crippen LogP contribution in [0.2, 0.25) is 5.02 Å². The number of esters is 1. The molecule has 8 nitrogen and oxygen atoms in total. The van der Waals surface area contributed by atoms with E-state index < -0.39 is 29.6 Å². The first kappa shape index (κ1) is 25.9. The molecule has 2 rings (SSSR count). The summed E-state index contributed by atoms with van der Waals surface area (Å²) in [7, 11) is 1.26. The maximum Gasteiger partial charge on any atom is 0.408 e. The predicted octanol–water partition coefficient (Wildman–Crippen LogP) is 4.40. The first-order chi connectivity index (χ1) is 15.4. The Balaban J connectivity index is 2.18. The highest BCUT2D eigenvalue weighted by atomic mass is 35.5. The zero-order valence-electron chi connectivity index (χ0n) is 19.2. The minimum Gasteiger partial charge on any atom is -0.465 e. The van der Waals surface area contributed by atoms with Gasteiger partial charge in [-0.1, -0.05) is 29.8 Å². The summed E-state index contributed by atoms with van der Waals surface area (Å²) in [5.74, 6) is -1.41. The Morgan fingerprint density at radius 1 is 1.06 bits per heavy atom. The molecule has 0 aliphatic carbocycles. The lowest BCUT2D eigenvalue weighted by Crippen LogP contribution is -2.42. The number of ether oxygens (including phenoxy) is 2. The van der Waals surface area contributed by atoms with E-state index in [2.05, 4.69) is 10.6 Å². The van der Waals surface area contributed by atoms with Crippen LogP contribution in [0.25, 0.3) is 0 Å². The zero-order chi connectivity index (χ0) is 24.8. The number of Topliss-reactive ketones (excluding diaryl/α,β-unsaturated/α-hetero) is 1. The lowest BCUT2D eigenvalue weighted by Gasteiger charge is -2.21. The van der Waals surface area contributed by atoms with Crippen LogP contribution in [0.1, 0.15) is 54.0 Å². The third kappa shape index (κ3) is 7.61. The summed E-state index contributed by atoms with van der Waals surface area (Å²) in [4.78, 5) is 49.4. The molecule has 2 N–H and O–H groups in total. The maximum atomic E-state index is 13.0. The zero-order valence-corrected chi connectivity index (χ0v) is 19.9. The Hall–Kier alpha value is -3.39. The van der Waals surface area contributed by atoms with Gasteiger partial charge in [0.15, 0.2) is 5.78 Å². The first-order valence-electron chi connectivity index (χ1n) is 10.2. The van der Waals surface area contributed by atoms with Crippen LogP contribution in [0.4, 0.5) is 10.5 Å². The van der Waals surface area contributed by atoms with Crippen molar-refractivity contribution in [1.82, 2.24) is 5.32 Å². The van der Waals surface area contributed by atoms with Crippen molar-refractivity contribution in [2.75, 3.05) is 12.4 Å². The molecule has 9 heteroatoms. The van der Waals surface area contributed by atoms with Gasteiger partial charge in [0.1, 0.15) is 5.60 Å². The van der Waals surface area contributed by atoms with Gasteiger partial charge in [-0.2, -0.15) is 0 Å². The molecule has 33 heavy (non-hydrogen) atoms. The quantitative estimate of drug-likeness (QED) is 0.575. The number of hydrogen-bond donors (Lipinski definition) is 2. The second-order valence-electron chi connectivity index (χ2n) is 8.31. The molecule has 0 aliphatic heterocycles. The molecule has 0 fully saturated rings. The number of halogens is 1. The highest BCUT2D eigenvalue weighted by Crippen LogP contribution is 2.23. The Morgan fingerprint density at radius 3 is 2.36 bits per heavy atom. The van der Waals surface area contributed by atoms with Gasteiger partial charge in [0.05, 0.1) is 29.3 Å². The van der Waals surface area contributed by atoms with Crippen LogP contribution in [-0.2, 0) is 20.7 Å². The van der Waals surface area contributed by atoms with Crippen molar-refractivity contribution < 1.29 is 28.7 Å². The normalized spacial score (nSPS) is 11.8. The van der Waals surface area contributed by atoms with E-state index in [0.717, 1.165) is 0 Å². The van der Waals surface area contributed by atoms with Crippen LogP contribution >= 0.6 is 11.6 Å². The number of benzene rings is 2. The molecule has 0 aliphatic rings. The van der Waals surface area contributed by atoms with Gasteiger partial charge in [-0.15, -0.1) is 0 Å². The van der Waals surface area contributed by atoms with E-state index in [-0.39, 0.29) is 28.4 Å². The largest absolute Gasteiger partial charge is 0.465 e. The number of carbonyl (C=O) groups excluding carboxylic acids is 4. The molecule has 2 aromatic carbocycles. The number of anilines is 1. The van der Waals surface area contributed by atoms with E-state index in [9.17, 15) is 19.2 Å². The smallest absolute Gasteiger partial charge is 0.408 e. The van der Waals surface area contributed by atoms with Gasteiger partial charge in [0, 0.05) is 12.1 Å². The second-order valence-corrected chi connectivity index (χ2v) is 8.72.